The Morgan fingerprint density at radius 3 is 2.53 bits per heavy atom. The van der Waals surface area contributed by atoms with Crippen molar-refractivity contribution in [2.75, 3.05) is 0 Å². The van der Waals surface area contributed by atoms with E-state index in [0.29, 0.717) is 10.2 Å². The summed E-state index contributed by atoms with van der Waals surface area (Å²) < 4.78 is 32.6. The molecule has 2 N–H and O–H groups in total. The first-order valence-electron chi connectivity index (χ1n) is 4.94. The van der Waals surface area contributed by atoms with Crippen LogP contribution in [0.3, 0.4) is 0 Å². The molecule has 0 saturated heterocycles. The number of aryl methyl sites for hydroxylation is 1. The van der Waals surface area contributed by atoms with E-state index in [1.807, 2.05) is 0 Å². The number of halogens is 3. The largest absolute Gasteiger partial charge is 0.457 e. The van der Waals surface area contributed by atoms with Crippen LogP contribution in [0.5, 0.6) is 0 Å². The lowest BCUT2D eigenvalue weighted by molar-refractivity contribution is 0.531. The second-order valence-electron chi connectivity index (χ2n) is 3.75. The van der Waals surface area contributed by atoms with Crippen molar-refractivity contribution in [2.24, 2.45) is 5.73 Å². The van der Waals surface area contributed by atoms with Crippen LogP contribution in [0.15, 0.2) is 33.5 Å². The number of benzene rings is 1. The second-order valence-corrected chi connectivity index (χ2v) is 4.47. The minimum atomic E-state index is -0.766. The molecule has 1 aromatic carbocycles. The third-order valence-corrected chi connectivity index (χ3v) is 3.24. The molecule has 0 fully saturated rings. The molecule has 1 heterocycles. The molecular formula is C12H10BrF2NO. The van der Waals surface area contributed by atoms with Gasteiger partial charge >= 0.3 is 0 Å². The Morgan fingerprint density at radius 1 is 1.24 bits per heavy atom. The summed E-state index contributed by atoms with van der Waals surface area (Å²) in [4.78, 5) is 0. The molecule has 2 aromatic rings. The van der Waals surface area contributed by atoms with Gasteiger partial charge in [0.05, 0.1) is 12.3 Å². The Morgan fingerprint density at radius 2 is 1.94 bits per heavy atom. The Kier molecular flexibility index (Phi) is 3.31. The molecule has 0 amide bonds. The van der Waals surface area contributed by atoms with Gasteiger partial charge in [0.2, 0.25) is 0 Å². The van der Waals surface area contributed by atoms with Gasteiger partial charge in [0, 0.05) is 11.1 Å². The third kappa shape index (κ3) is 2.25. The normalized spacial score (nSPS) is 12.8. The molecule has 0 bridgehead atoms. The lowest BCUT2D eigenvalue weighted by Crippen LogP contribution is -2.14. The van der Waals surface area contributed by atoms with Crippen LogP contribution in [0.25, 0.3) is 0 Å². The predicted octanol–water partition coefficient (Wildman–Crippen LogP) is 3.68. The van der Waals surface area contributed by atoms with Crippen LogP contribution in [0.2, 0.25) is 0 Å². The van der Waals surface area contributed by atoms with Gasteiger partial charge in [-0.2, -0.15) is 0 Å². The van der Waals surface area contributed by atoms with Crippen molar-refractivity contribution < 1.29 is 13.2 Å². The number of hydrogen-bond acceptors (Lipinski definition) is 2. The molecule has 5 heteroatoms. The standard InChI is InChI=1S/C12H10BrF2NO/c1-6-4-10(15)8(5-9(6)14)11(16)7-2-3-17-12(7)13/h2-5,11H,16H2,1H3. The van der Waals surface area contributed by atoms with Gasteiger partial charge in [-0.1, -0.05) is 0 Å². The van der Waals surface area contributed by atoms with E-state index in [1.54, 1.807) is 6.07 Å². The summed E-state index contributed by atoms with van der Waals surface area (Å²) in [6, 6.07) is 3.11. The first kappa shape index (κ1) is 12.3. The van der Waals surface area contributed by atoms with E-state index in [2.05, 4.69) is 15.9 Å². The predicted molar refractivity (Wildman–Crippen MR) is 63.5 cm³/mol. The number of hydrogen-bond donors (Lipinski definition) is 1. The quantitative estimate of drug-likeness (QED) is 0.919. The van der Waals surface area contributed by atoms with E-state index in [9.17, 15) is 8.78 Å². The van der Waals surface area contributed by atoms with Gasteiger partial charge in [-0.05, 0) is 46.6 Å². The minimum Gasteiger partial charge on any atom is -0.457 e. The van der Waals surface area contributed by atoms with E-state index < -0.39 is 17.7 Å². The summed E-state index contributed by atoms with van der Waals surface area (Å²) in [6.45, 7) is 1.50. The summed E-state index contributed by atoms with van der Waals surface area (Å²) in [5, 5.41) is 0. The van der Waals surface area contributed by atoms with Gasteiger partial charge in [0.1, 0.15) is 11.6 Å². The van der Waals surface area contributed by atoms with Crippen LogP contribution in [0.1, 0.15) is 22.7 Å². The van der Waals surface area contributed by atoms with E-state index in [0.717, 1.165) is 12.1 Å². The van der Waals surface area contributed by atoms with E-state index in [-0.39, 0.29) is 11.1 Å². The average molecular weight is 302 g/mol. The van der Waals surface area contributed by atoms with Crippen LogP contribution in [-0.4, -0.2) is 0 Å². The van der Waals surface area contributed by atoms with Crippen LogP contribution in [0.4, 0.5) is 8.78 Å². The van der Waals surface area contributed by atoms with Crippen molar-refractivity contribution in [1.29, 1.82) is 0 Å². The molecule has 1 atom stereocenters. The van der Waals surface area contributed by atoms with Gasteiger partial charge in [0.25, 0.3) is 0 Å². The van der Waals surface area contributed by atoms with Crippen LogP contribution >= 0.6 is 15.9 Å². The first-order valence-corrected chi connectivity index (χ1v) is 5.74. The number of nitrogens with two attached hydrogens (primary N) is 1. The van der Waals surface area contributed by atoms with Crippen LogP contribution in [0, 0.1) is 18.6 Å². The van der Waals surface area contributed by atoms with Gasteiger partial charge < -0.3 is 10.2 Å². The first-order chi connectivity index (χ1) is 8.00. The smallest absolute Gasteiger partial charge is 0.174 e. The second kappa shape index (κ2) is 4.58. The fraction of sp³-hybridized carbons (Fsp3) is 0.167. The Hall–Kier alpha value is -1.20. The van der Waals surface area contributed by atoms with E-state index in [4.69, 9.17) is 10.2 Å². The topological polar surface area (TPSA) is 39.2 Å². The van der Waals surface area contributed by atoms with Crippen molar-refractivity contribution in [1.82, 2.24) is 0 Å². The summed E-state index contributed by atoms with van der Waals surface area (Å²) >= 11 is 3.16. The molecule has 0 radical (unpaired) electrons. The zero-order valence-corrected chi connectivity index (χ0v) is 10.6. The van der Waals surface area contributed by atoms with Gasteiger partial charge in [-0.25, -0.2) is 8.78 Å². The minimum absolute atomic E-state index is 0.107. The van der Waals surface area contributed by atoms with Crippen molar-refractivity contribution >= 4 is 15.9 Å². The van der Waals surface area contributed by atoms with Crippen molar-refractivity contribution in [3.05, 3.63) is 57.5 Å². The molecule has 0 spiro atoms. The number of rotatable bonds is 2. The maximum atomic E-state index is 13.7. The monoisotopic (exact) mass is 301 g/mol. The van der Waals surface area contributed by atoms with Crippen LogP contribution < -0.4 is 5.73 Å². The fourth-order valence-electron chi connectivity index (χ4n) is 1.59. The molecule has 17 heavy (non-hydrogen) atoms. The summed E-state index contributed by atoms with van der Waals surface area (Å²) in [7, 11) is 0. The van der Waals surface area contributed by atoms with Crippen molar-refractivity contribution in [3.8, 4) is 0 Å². The highest BCUT2D eigenvalue weighted by atomic mass is 79.9. The van der Waals surface area contributed by atoms with Gasteiger partial charge in [0.15, 0.2) is 4.67 Å². The maximum Gasteiger partial charge on any atom is 0.174 e. The Bertz CT molecular complexity index is 553. The molecule has 0 aliphatic rings. The zero-order valence-electron chi connectivity index (χ0n) is 9.01. The van der Waals surface area contributed by atoms with Gasteiger partial charge in [-0.15, -0.1) is 0 Å². The molecule has 1 unspecified atom stereocenters. The molecule has 2 rings (SSSR count). The molecule has 90 valence electrons. The molecular weight excluding hydrogens is 292 g/mol. The maximum absolute atomic E-state index is 13.7. The highest BCUT2D eigenvalue weighted by Crippen LogP contribution is 2.30. The molecule has 2 nitrogen and oxygen atoms in total. The summed E-state index contributed by atoms with van der Waals surface area (Å²) in [5.74, 6) is -0.999. The average Bonchev–Trinajstić information content (AvgIpc) is 2.69. The van der Waals surface area contributed by atoms with E-state index in [1.165, 1.54) is 13.2 Å². The van der Waals surface area contributed by atoms with Gasteiger partial charge in [-0.3, -0.25) is 0 Å². The zero-order chi connectivity index (χ0) is 12.6. The molecule has 0 aliphatic carbocycles. The van der Waals surface area contributed by atoms with Crippen molar-refractivity contribution in [2.45, 2.75) is 13.0 Å². The van der Waals surface area contributed by atoms with Crippen LogP contribution in [-0.2, 0) is 0 Å². The highest BCUT2D eigenvalue weighted by Gasteiger charge is 2.19. The van der Waals surface area contributed by atoms with Crippen molar-refractivity contribution in [3.63, 3.8) is 0 Å². The highest BCUT2D eigenvalue weighted by molar-refractivity contribution is 9.10. The third-order valence-electron chi connectivity index (χ3n) is 2.59. The SMILES string of the molecule is Cc1cc(F)c(C(N)c2ccoc2Br)cc1F. The number of furan rings is 1. The molecule has 0 saturated carbocycles. The molecule has 0 aliphatic heterocycles. The molecule has 1 aromatic heterocycles. The lowest BCUT2D eigenvalue weighted by atomic mass is 10.00. The van der Waals surface area contributed by atoms with E-state index >= 15 is 0 Å². The fourth-order valence-corrected chi connectivity index (χ4v) is 2.08. The lowest BCUT2D eigenvalue weighted by Gasteiger charge is -2.12. The summed E-state index contributed by atoms with van der Waals surface area (Å²) in [6.07, 6.45) is 1.43. The summed E-state index contributed by atoms with van der Waals surface area (Å²) in [5.41, 5.74) is 6.82. The Labute approximate surface area is 106 Å². The Balaban J connectivity index is 2.48.